The minimum Gasteiger partial charge on any atom is -0.350 e. The first-order valence-corrected chi connectivity index (χ1v) is 7.62. The standard InChI is InChI=1S/C16H29N3O/c1-6-14(17-8-3)13-9-10-19(11-13)12-15(20)18-16(4,5)7-2/h9-11,14,17H,6-8,12H2,1-5H3,(H,18,20). The molecule has 0 radical (unpaired) electrons. The van der Waals surface area contributed by atoms with Crippen LogP contribution in [0.2, 0.25) is 0 Å². The van der Waals surface area contributed by atoms with Crippen LogP contribution in [0.5, 0.6) is 0 Å². The minimum absolute atomic E-state index is 0.0653. The van der Waals surface area contributed by atoms with E-state index in [0.717, 1.165) is 19.4 Å². The third kappa shape index (κ3) is 5.00. The van der Waals surface area contributed by atoms with Crippen LogP contribution in [0.25, 0.3) is 0 Å². The zero-order chi connectivity index (χ0) is 15.2. The minimum atomic E-state index is -0.136. The Kier molecular flexibility index (Phi) is 6.27. The highest BCUT2D eigenvalue weighted by molar-refractivity contribution is 5.76. The summed E-state index contributed by atoms with van der Waals surface area (Å²) in [6.45, 7) is 11.8. The topological polar surface area (TPSA) is 46.1 Å². The van der Waals surface area contributed by atoms with E-state index in [-0.39, 0.29) is 11.4 Å². The van der Waals surface area contributed by atoms with Gasteiger partial charge in [0.15, 0.2) is 0 Å². The maximum atomic E-state index is 12.0. The van der Waals surface area contributed by atoms with Crippen molar-refractivity contribution in [2.45, 2.75) is 65.6 Å². The zero-order valence-electron chi connectivity index (χ0n) is 13.5. The maximum Gasteiger partial charge on any atom is 0.240 e. The van der Waals surface area contributed by atoms with Crippen molar-refractivity contribution in [1.29, 1.82) is 0 Å². The van der Waals surface area contributed by atoms with Crippen molar-refractivity contribution in [1.82, 2.24) is 15.2 Å². The fourth-order valence-corrected chi connectivity index (χ4v) is 2.18. The van der Waals surface area contributed by atoms with Crippen LogP contribution in [0.4, 0.5) is 0 Å². The second-order valence-electron chi connectivity index (χ2n) is 5.92. The number of rotatable bonds is 8. The van der Waals surface area contributed by atoms with Crippen molar-refractivity contribution >= 4 is 5.91 Å². The summed E-state index contributed by atoms with van der Waals surface area (Å²) in [4.78, 5) is 12.0. The summed E-state index contributed by atoms with van der Waals surface area (Å²) < 4.78 is 1.95. The molecule has 1 aromatic heterocycles. The van der Waals surface area contributed by atoms with Gasteiger partial charge in [-0.15, -0.1) is 0 Å². The molecular formula is C16H29N3O. The molecular weight excluding hydrogens is 250 g/mol. The van der Waals surface area contributed by atoms with Crippen molar-refractivity contribution < 1.29 is 4.79 Å². The highest BCUT2D eigenvalue weighted by atomic mass is 16.2. The second-order valence-corrected chi connectivity index (χ2v) is 5.92. The molecule has 4 nitrogen and oxygen atoms in total. The number of hydrogen-bond donors (Lipinski definition) is 2. The lowest BCUT2D eigenvalue weighted by Crippen LogP contribution is -2.44. The molecule has 2 N–H and O–H groups in total. The molecule has 1 atom stereocenters. The van der Waals surface area contributed by atoms with Crippen LogP contribution >= 0.6 is 0 Å². The number of nitrogens with one attached hydrogen (secondary N) is 2. The van der Waals surface area contributed by atoms with E-state index in [2.05, 4.69) is 43.7 Å². The number of amides is 1. The largest absolute Gasteiger partial charge is 0.350 e. The molecule has 1 unspecified atom stereocenters. The fraction of sp³-hybridized carbons (Fsp3) is 0.688. The van der Waals surface area contributed by atoms with Crippen molar-refractivity contribution in [3.63, 3.8) is 0 Å². The van der Waals surface area contributed by atoms with E-state index in [1.54, 1.807) is 0 Å². The van der Waals surface area contributed by atoms with Crippen LogP contribution in [-0.4, -0.2) is 22.6 Å². The van der Waals surface area contributed by atoms with Crippen molar-refractivity contribution in [3.8, 4) is 0 Å². The molecule has 1 amide bonds. The van der Waals surface area contributed by atoms with Gasteiger partial charge in [-0.1, -0.05) is 20.8 Å². The van der Waals surface area contributed by atoms with Gasteiger partial charge in [-0.2, -0.15) is 0 Å². The molecule has 0 saturated carbocycles. The van der Waals surface area contributed by atoms with Gasteiger partial charge in [-0.05, 0) is 44.9 Å². The van der Waals surface area contributed by atoms with E-state index in [0.29, 0.717) is 12.6 Å². The molecule has 0 fully saturated rings. The van der Waals surface area contributed by atoms with Gasteiger partial charge in [-0.3, -0.25) is 4.79 Å². The van der Waals surface area contributed by atoms with E-state index < -0.39 is 0 Å². The lowest BCUT2D eigenvalue weighted by atomic mass is 10.0. The summed E-state index contributed by atoms with van der Waals surface area (Å²) in [5, 5.41) is 6.51. The Bertz CT molecular complexity index is 423. The molecule has 0 aromatic carbocycles. The molecule has 114 valence electrons. The van der Waals surface area contributed by atoms with E-state index in [4.69, 9.17) is 0 Å². The van der Waals surface area contributed by atoms with Gasteiger partial charge in [0.25, 0.3) is 0 Å². The molecule has 0 spiro atoms. The number of carbonyl (C=O) groups is 1. The van der Waals surface area contributed by atoms with Crippen molar-refractivity contribution in [2.24, 2.45) is 0 Å². The third-order valence-electron chi connectivity index (χ3n) is 3.72. The van der Waals surface area contributed by atoms with Gasteiger partial charge in [0.2, 0.25) is 5.91 Å². The van der Waals surface area contributed by atoms with Gasteiger partial charge in [0.05, 0.1) is 0 Å². The highest BCUT2D eigenvalue weighted by Crippen LogP contribution is 2.16. The maximum absolute atomic E-state index is 12.0. The van der Waals surface area contributed by atoms with Crippen molar-refractivity contribution in [3.05, 3.63) is 24.0 Å². The van der Waals surface area contributed by atoms with Crippen LogP contribution in [0.3, 0.4) is 0 Å². The first-order valence-electron chi connectivity index (χ1n) is 7.62. The predicted molar refractivity (Wildman–Crippen MR) is 83.7 cm³/mol. The Balaban J connectivity index is 2.61. The summed E-state index contributed by atoms with van der Waals surface area (Å²) in [6.07, 6.45) is 6.02. The molecule has 1 heterocycles. The summed E-state index contributed by atoms with van der Waals surface area (Å²) >= 11 is 0. The van der Waals surface area contributed by atoms with Gasteiger partial charge in [-0.25, -0.2) is 0 Å². The first-order chi connectivity index (χ1) is 9.41. The number of hydrogen-bond acceptors (Lipinski definition) is 2. The Morgan fingerprint density at radius 3 is 2.60 bits per heavy atom. The van der Waals surface area contributed by atoms with Gasteiger partial charge in [0.1, 0.15) is 6.54 Å². The van der Waals surface area contributed by atoms with E-state index >= 15 is 0 Å². The number of carbonyl (C=O) groups excluding carboxylic acids is 1. The van der Waals surface area contributed by atoms with Crippen LogP contribution < -0.4 is 10.6 Å². The van der Waals surface area contributed by atoms with E-state index in [1.807, 2.05) is 24.6 Å². The molecule has 0 aliphatic heterocycles. The van der Waals surface area contributed by atoms with E-state index in [1.165, 1.54) is 5.56 Å². The Labute approximate surface area is 122 Å². The summed E-state index contributed by atoms with van der Waals surface area (Å²) in [5.74, 6) is 0.0653. The molecule has 1 rings (SSSR count). The molecule has 0 saturated heterocycles. The predicted octanol–water partition coefficient (Wildman–Crippen LogP) is 2.85. The third-order valence-corrected chi connectivity index (χ3v) is 3.72. The number of aromatic nitrogens is 1. The van der Waals surface area contributed by atoms with Gasteiger partial charge >= 0.3 is 0 Å². The monoisotopic (exact) mass is 279 g/mol. The normalized spacial score (nSPS) is 13.2. The lowest BCUT2D eigenvalue weighted by molar-refractivity contribution is -0.123. The lowest BCUT2D eigenvalue weighted by Gasteiger charge is -2.24. The van der Waals surface area contributed by atoms with Gasteiger partial charge in [0, 0.05) is 24.0 Å². The molecule has 1 aromatic rings. The Hall–Kier alpha value is -1.29. The van der Waals surface area contributed by atoms with Gasteiger partial charge < -0.3 is 15.2 Å². The SMILES string of the molecule is CCNC(CC)c1ccn(CC(=O)NC(C)(C)CC)c1. The second kappa shape index (κ2) is 7.48. The summed E-state index contributed by atoms with van der Waals surface area (Å²) in [6, 6.07) is 2.46. The first kappa shape index (κ1) is 16.8. The van der Waals surface area contributed by atoms with Crippen LogP contribution in [0.15, 0.2) is 18.5 Å². The van der Waals surface area contributed by atoms with Crippen LogP contribution in [0.1, 0.15) is 59.1 Å². The average Bonchev–Trinajstić information content (AvgIpc) is 2.83. The van der Waals surface area contributed by atoms with Crippen LogP contribution in [-0.2, 0) is 11.3 Å². The summed E-state index contributed by atoms with van der Waals surface area (Å²) in [5.41, 5.74) is 1.11. The molecule has 4 heteroatoms. The molecule has 0 bridgehead atoms. The average molecular weight is 279 g/mol. The zero-order valence-corrected chi connectivity index (χ0v) is 13.5. The molecule has 0 aliphatic carbocycles. The number of nitrogens with zero attached hydrogens (tertiary/aromatic N) is 1. The highest BCUT2D eigenvalue weighted by Gasteiger charge is 2.18. The Morgan fingerprint density at radius 1 is 1.35 bits per heavy atom. The van der Waals surface area contributed by atoms with E-state index in [9.17, 15) is 4.79 Å². The smallest absolute Gasteiger partial charge is 0.240 e. The quantitative estimate of drug-likeness (QED) is 0.768. The Morgan fingerprint density at radius 2 is 2.05 bits per heavy atom. The van der Waals surface area contributed by atoms with Crippen molar-refractivity contribution in [2.75, 3.05) is 6.54 Å². The molecule has 20 heavy (non-hydrogen) atoms. The molecule has 0 aliphatic rings. The summed E-state index contributed by atoms with van der Waals surface area (Å²) in [7, 11) is 0. The fourth-order valence-electron chi connectivity index (χ4n) is 2.18. The van der Waals surface area contributed by atoms with Crippen LogP contribution in [0, 0.1) is 0 Å².